The Labute approximate surface area is 267 Å². The van der Waals surface area contributed by atoms with Crippen molar-refractivity contribution in [2.75, 3.05) is 20.8 Å². The van der Waals surface area contributed by atoms with Crippen LogP contribution in [-0.4, -0.2) is 56.7 Å². The molecule has 2 aromatic carbocycles. The van der Waals surface area contributed by atoms with Crippen LogP contribution in [0.25, 0.3) is 16.9 Å². The van der Waals surface area contributed by atoms with E-state index in [1.54, 1.807) is 56.3 Å². The number of amides is 1. The van der Waals surface area contributed by atoms with E-state index in [-0.39, 0.29) is 18.3 Å². The zero-order chi connectivity index (χ0) is 32.6. The van der Waals surface area contributed by atoms with Gasteiger partial charge in [-0.2, -0.15) is 0 Å². The highest BCUT2D eigenvalue weighted by Crippen LogP contribution is 2.26. The van der Waals surface area contributed by atoms with E-state index in [9.17, 15) is 4.79 Å². The van der Waals surface area contributed by atoms with E-state index >= 15 is 0 Å². The fourth-order valence-corrected chi connectivity index (χ4v) is 4.79. The van der Waals surface area contributed by atoms with Crippen LogP contribution < -0.4 is 20.5 Å². The molecule has 3 N–H and O–H groups in total. The first kappa shape index (κ1) is 31.6. The van der Waals surface area contributed by atoms with Gasteiger partial charge in [0.25, 0.3) is 5.91 Å². The number of methoxy groups -OCH3 is 2. The summed E-state index contributed by atoms with van der Waals surface area (Å²) in [5.74, 6) is 1.75. The smallest absolute Gasteiger partial charge is 0.287 e. The monoisotopic (exact) mass is 620 g/mol. The van der Waals surface area contributed by atoms with Gasteiger partial charge in [-0.15, -0.1) is 0 Å². The summed E-state index contributed by atoms with van der Waals surface area (Å²) in [7, 11) is 3.15. The SMILES string of the molecule is CCN=C(/C(OCc1ccccc1)=C(/C)N)c1nccc(-c2nc(C(=O)NCc3ccc(OC)cc3OC)n3cc(C)ncc23)n1. The number of aromatic nitrogens is 5. The molecule has 0 saturated heterocycles. The summed E-state index contributed by atoms with van der Waals surface area (Å²) in [4.78, 5) is 36.7. The van der Waals surface area contributed by atoms with E-state index in [0.717, 1.165) is 11.1 Å². The van der Waals surface area contributed by atoms with Gasteiger partial charge in [0, 0.05) is 37.1 Å². The van der Waals surface area contributed by atoms with Gasteiger partial charge in [0.05, 0.1) is 43.0 Å². The number of imidazole rings is 1. The molecule has 0 unspecified atom stereocenters. The summed E-state index contributed by atoms with van der Waals surface area (Å²) >= 11 is 0. The van der Waals surface area contributed by atoms with Crippen molar-refractivity contribution in [1.82, 2.24) is 29.7 Å². The minimum atomic E-state index is -0.384. The number of ether oxygens (including phenoxy) is 3. The second kappa shape index (κ2) is 14.3. The van der Waals surface area contributed by atoms with E-state index < -0.39 is 0 Å². The highest BCUT2D eigenvalue weighted by molar-refractivity contribution is 6.09. The lowest BCUT2D eigenvalue weighted by molar-refractivity contribution is 0.0939. The lowest BCUT2D eigenvalue weighted by Crippen LogP contribution is -2.25. The molecule has 1 amide bonds. The average Bonchev–Trinajstić information content (AvgIpc) is 3.46. The predicted octanol–water partition coefficient (Wildman–Crippen LogP) is 4.66. The zero-order valence-corrected chi connectivity index (χ0v) is 26.4. The van der Waals surface area contributed by atoms with Crippen molar-refractivity contribution < 1.29 is 19.0 Å². The van der Waals surface area contributed by atoms with Crippen LogP contribution >= 0.6 is 0 Å². The summed E-state index contributed by atoms with van der Waals surface area (Å²) in [5, 5.41) is 2.95. The van der Waals surface area contributed by atoms with Crippen LogP contribution in [0.4, 0.5) is 0 Å². The number of allylic oxidation sites excluding steroid dienone is 2. The minimum absolute atomic E-state index is 0.176. The third-order valence-electron chi connectivity index (χ3n) is 7.02. The fourth-order valence-electron chi connectivity index (χ4n) is 4.79. The first-order valence-corrected chi connectivity index (χ1v) is 14.7. The Morgan fingerprint density at radius 2 is 1.85 bits per heavy atom. The Morgan fingerprint density at radius 1 is 1.04 bits per heavy atom. The molecule has 0 fully saturated rings. The summed E-state index contributed by atoms with van der Waals surface area (Å²) in [5.41, 5.74) is 11.2. The number of benzene rings is 2. The zero-order valence-electron chi connectivity index (χ0n) is 26.4. The van der Waals surface area contributed by atoms with E-state index in [0.29, 0.717) is 70.2 Å². The van der Waals surface area contributed by atoms with Gasteiger partial charge in [0.1, 0.15) is 29.5 Å². The lowest BCUT2D eigenvalue weighted by atomic mass is 10.2. The molecular formula is C34H36N8O4. The molecule has 3 aromatic heterocycles. The topological polar surface area (TPSA) is 151 Å². The van der Waals surface area contributed by atoms with Crippen molar-refractivity contribution in [3.05, 3.63) is 113 Å². The number of nitrogens with zero attached hydrogens (tertiary/aromatic N) is 6. The molecule has 5 rings (SSSR count). The molecule has 12 nitrogen and oxygen atoms in total. The number of hydrogen-bond donors (Lipinski definition) is 2. The van der Waals surface area contributed by atoms with Crippen molar-refractivity contribution in [2.45, 2.75) is 33.9 Å². The number of nitrogens with one attached hydrogen (secondary N) is 1. The van der Waals surface area contributed by atoms with Crippen molar-refractivity contribution in [3.63, 3.8) is 0 Å². The predicted molar refractivity (Wildman–Crippen MR) is 175 cm³/mol. The molecule has 0 aliphatic heterocycles. The highest BCUT2D eigenvalue weighted by Gasteiger charge is 2.23. The Kier molecular flexibility index (Phi) is 9.86. The van der Waals surface area contributed by atoms with Crippen LogP contribution in [0.2, 0.25) is 0 Å². The van der Waals surface area contributed by atoms with Crippen molar-refractivity contribution in [3.8, 4) is 22.9 Å². The highest BCUT2D eigenvalue weighted by atomic mass is 16.5. The summed E-state index contributed by atoms with van der Waals surface area (Å²) in [6, 6.07) is 16.9. The Hall–Kier alpha value is -5.78. The quantitative estimate of drug-likeness (QED) is 0.150. The van der Waals surface area contributed by atoms with Gasteiger partial charge in [-0.05, 0) is 44.5 Å². The van der Waals surface area contributed by atoms with Crippen molar-refractivity contribution >= 4 is 17.1 Å². The number of hydrogen-bond acceptors (Lipinski definition) is 10. The number of nitrogens with two attached hydrogens (primary N) is 1. The summed E-state index contributed by atoms with van der Waals surface area (Å²) in [6.45, 7) is 6.47. The molecule has 3 heterocycles. The standard InChI is InChI=1S/C34H36N8O4/c1-6-36-30(31(22(3)35)46-20-23-10-8-7-9-11-23)32-37-15-14-26(40-32)29-27-18-38-21(2)19-42(27)33(41-29)34(43)39-17-24-12-13-25(44-4)16-28(24)45-5/h7-16,18-19H,6,17,20,35H2,1-5H3,(H,39,43)/b31-22+,36-30?. The van der Waals surface area contributed by atoms with E-state index in [2.05, 4.69) is 20.3 Å². The number of carbonyl (C=O) groups is 1. The molecule has 0 aliphatic carbocycles. The maximum Gasteiger partial charge on any atom is 0.287 e. The second-order valence-corrected chi connectivity index (χ2v) is 10.3. The van der Waals surface area contributed by atoms with Crippen LogP contribution in [0.5, 0.6) is 11.5 Å². The molecule has 236 valence electrons. The molecule has 12 heteroatoms. The van der Waals surface area contributed by atoms with Crippen LogP contribution in [0.1, 0.15) is 47.1 Å². The minimum Gasteiger partial charge on any atom is -0.497 e. The molecule has 0 atom stereocenters. The number of aliphatic imine (C=N–C) groups is 1. The van der Waals surface area contributed by atoms with Crippen LogP contribution in [-0.2, 0) is 17.9 Å². The van der Waals surface area contributed by atoms with Gasteiger partial charge in [-0.25, -0.2) is 15.0 Å². The second-order valence-electron chi connectivity index (χ2n) is 10.3. The maximum atomic E-state index is 13.6. The van der Waals surface area contributed by atoms with Crippen LogP contribution in [0.15, 0.2) is 89.6 Å². The molecule has 46 heavy (non-hydrogen) atoms. The first-order chi connectivity index (χ1) is 22.3. The van der Waals surface area contributed by atoms with Crippen molar-refractivity contribution in [1.29, 1.82) is 0 Å². The average molecular weight is 621 g/mol. The van der Waals surface area contributed by atoms with E-state index in [1.807, 2.05) is 56.3 Å². The lowest BCUT2D eigenvalue weighted by Gasteiger charge is -2.14. The van der Waals surface area contributed by atoms with E-state index in [1.165, 1.54) is 0 Å². The Bertz CT molecular complexity index is 1910. The molecule has 5 aromatic rings. The van der Waals surface area contributed by atoms with Gasteiger partial charge >= 0.3 is 0 Å². The van der Waals surface area contributed by atoms with Crippen LogP contribution in [0.3, 0.4) is 0 Å². The molecular weight excluding hydrogens is 584 g/mol. The summed E-state index contributed by atoms with van der Waals surface area (Å²) in [6.07, 6.45) is 5.05. The number of fused-ring (bicyclic) bond motifs is 1. The molecule has 0 radical (unpaired) electrons. The normalized spacial score (nSPS) is 12.1. The first-order valence-electron chi connectivity index (χ1n) is 14.7. The number of carbonyl (C=O) groups excluding carboxylic acids is 1. The van der Waals surface area contributed by atoms with E-state index in [4.69, 9.17) is 29.9 Å². The van der Waals surface area contributed by atoms with Gasteiger partial charge in [-0.3, -0.25) is 19.2 Å². The third-order valence-corrected chi connectivity index (χ3v) is 7.02. The maximum absolute atomic E-state index is 13.6. The Morgan fingerprint density at radius 3 is 2.57 bits per heavy atom. The third kappa shape index (κ3) is 6.96. The Balaban J connectivity index is 1.48. The molecule has 0 saturated carbocycles. The molecule has 0 aliphatic rings. The van der Waals surface area contributed by atoms with Crippen LogP contribution in [0, 0.1) is 6.92 Å². The van der Waals surface area contributed by atoms with Crippen molar-refractivity contribution in [2.24, 2.45) is 10.7 Å². The van der Waals surface area contributed by atoms with Gasteiger partial charge in [-0.1, -0.05) is 30.3 Å². The molecule has 0 bridgehead atoms. The van der Waals surface area contributed by atoms with Gasteiger partial charge < -0.3 is 25.3 Å². The number of rotatable bonds is 12. The largest absolute Gasteiger partial charge is 0.497 e. The fraction of sp³-hybridized carbons (Fsp3) is 0.235. The number of aryl methyl sites for hydroxylation is 1. The van der Waals surface area contributed by atoms with Gasteiger partial charge in [0.15, 0.2) is 11.6 Å². The molecule has 0 spiro atoms. The van der Waals surface area contributed by atoms with Gasteiger partial charge in [0.2, 0.25) is 5.82 Å². The summed E-state index contributed by atoms with van der Waals surface area (Å²) < 4.78 is 18.6.